The van der Waals surface area contributed by atoms with E-state index in [0.717, 1.165) is 25.9 Å². The number of aromatic nitrogens is 3. The van der Waals surface area contributed by atoms with Crippen LogP contribution in [-0.4, -0.2) is 44.6 Å². The highest BCUT2D eigenvalue weighted by molar-refractivity contribution is 6.04. The minimum atomic E-state index is -0.513. The van der Waals surface area contributed by atoms with Crippen molar-refractivity contribution < 1.29 is 9.59 Å². The molecule has 132 valence electrons. The second-order valence-electron chi connectivity index (χ2n) is 6.56. The Balaban J connectivity index is 1.74. The van der Waals surface area contributed by atoms with Gasteiger partial charge in [0.15, 0.2) is 0 Å². The molecule has 1 aliphatic heterocycles. The summed E-state index contributed by atoms with van der Waals surface area (Å²) in [7, 11) is 0. The van der Waals surface area contributed by atoms with E-state index in [1.165, 1.54) is 17.3 Å². The van der Waals surface area contributed by atoms with E-state index in [-0.39, 0.29) is 11.8 Å². The number of carbonyl (C=O) groups excluding carboxylic acids is 2. The summed E-state index contributed by atoms with van der Waals surface area (Å²) in [6.07, 6.45) is 4.92. The summed E-state index contributed by atoms with van der Waals surface area (Å²) in [5.74, 6) is 0.386. The molecular weight excluding hydrogens is 318 g/mol. The van der Waals surface area contributed by atoms with Crippen LogP contribution in [-0.2, 0) is 4.79 Å². The molecule has 1 N–H and O–H groups in total. The molecule has 0 unspecified atom stereocenters. The van der Waals surface area contributed by atoms with Crippen LogP contribution in [0.5, 0.6) is 0 Å². The topological polar surface area (TPSA) is 80.1 Å². The van der Waals surface area contributed by atoms with Crippen LogP contribution in [0.3, 0.4) is 0 Å². The average molecular weight is 341 g/mol. The normalized spacial score (nSPS) is 16.5. The van der Waals surface area contributed by atoms with Gasteiger partial charge < -0.3 is 10.2 Å². The number of nitrogens with one attached hydrogen (secondary N) is 1. The van der Waals surface area contributed by atoms with E-state index in [1.54, 1.807) is 19.1 Å². The fraction of sp³-hybridized carbons (Fsp3) is 0.444. The number of benzene rings is 1. The van der Waals surface area contributed by atoms with Gasteiger partial charge in [0.05, 0.1) is 11.3 Å². The lowest BCUT2D eigenvalue weighted by molar-refractivity contribution is -0.119. The number of hydrogen-bond acceptors (Lipinski definition) is 4. The van der Waals surface area contributed by atoms with Gasteiger partial charge in [0.1, 0.15) is 18.7 Å². The van der Waals surface area contributed by atoms with Gasteiger partial charge in [-0.3, -0.25) is 9.59 Å². The van der Waals surface area contributed by atoms with Crippen LogP contribution >= 0.6 is 0 Å². The van der Waals surface area contributed by atoms with Crippen LogP contribution in [0, 0.1) is 5.92 Å². The van der Waals surface area contributed by atoms with Crippen LogP contribution < -0.4 is 5.32 Å². The number of piperidine rings is 1. The van der Waals surface area contributed by atoms with Gasteiger partial charge in [-0.15, -0.1) is 0 Å². The van der Waals surface area contributed by atoms with Gasteiger partial charge in [-0.05, 0) is 37.8 Å². The Morgan fingerprint density at radius 1 is 1.24 bits per heavy atom. The van der Waals surface area contributed by atoms with Gasteiger partial charge in [-0.1, -0.05) is 19.1 Å². The van der Waals surface area contributed by atoms with Crippen molar-refractivity contribution in [3.63, 3.8) is 0 Å². The predicted molar refractivity (Wildman–Crippen MR) is 94.1 cm³/mol. The van der Waals surface area contributed by atoms with Gasteiger partial charge >= 0.3 is 0 Å². The van der Waals surface area contributed by atoms with Crippen molar-refractivity contribution in [3.05, 3.63) is 42.5 Å². The van der Waals surface area contributed by atoms with E-state index in [1.807, 2.05) is 17.0 Å². The number of carbonyl (C=O) groups is 2. The molecule has 1 saturated heterocycles. The fourth-order valence-corrected chi connectivity index (χ4v) is 2.94. The van der Waals surface area contributed by atoms with Crippen molar-refractivity contribution in [1.82, 2.24) is 19.7 Å². The minimum Gasteiger partial charge on any atom is -0.339 e. The van der Waals surface area contributed by atoms with Crippen molar-refractivity contribution in [1.29, 1.82) is 0 Å². The molecule has 1 aromatic carbocycles. The molecule has 1 atom stereocenters. The van der Waals surface area contributed by atoms with E-state index in [9.17, 15) is 9.59 Å². The molecule has 2 amide bonds. The van der Waals surface area contributed by atoms with Crippen LogP contribution in [0.1, 0.15) is 43.1 Å². The maximum absolute atomic E-state index is 12.9. The predicted octanol–water partition coefficient (Wildman–Crippen LogP) is 2.35. The van der Waals surface area contributed by atoms with Crippen molar-refractivity contribution in [2.24, 2.45) is 5.92 Å². The SMILES string of the molecule is CC1CCN(C(=O)c2ccccc2NC(=O)[C@@H](C)n2cncn2)CC1. The summed E-state index contributed by atoms with van der Waals surface area (Å²) in [4.78, 5) is 31.1. The summed E-state index contributed by atoms with van der Waals surface area (Å²) in [5.41, 5.74) is 1.05. The fourth-order valence-electron chi connectivity index (χ4n) is 2.94. The van der Waals surface area contributed by atoms with E-state index < -0.39 is 6.04 Å². The highest BCUT2D eigenvalue weighted by Gasteiger charge is 2.24. The number of amides is 2. The van der Waals surface area contributed by atoms with Crippen LogP contribution in [0.15, 0.2) is 36.9 Å². The lowest BCUT2D eigenvalue weighted by atomic mass is 9.98. The molecule has 2 heterocycles. The third kappa shape index (κ3) is 3.87. The van der Waals surface area contributed by atoms with Gasteiger partial charge in [0, 0.05) is 13.1 Å². The highest BCUT2D eigenvalue weighted by Crippen LogP contribution is 2.22. The Labute approximate surface area is 147 Å². The van der Waals surface area contributed by atoms with Crippen LogP contribution in [0.25, 0.3) is 0 Å². The molecule has 25 heavy (non-hydrogen) atoms. The van der Waals surface area contributed by atoms with Gasteiger partial charge in [0.25, 0.3) is 5.91 Å². The Morgan fingerprint density at radius 2 is 1.96 bits per heavy atom. The molecular formula is C18H23N5O2. The average Bonchev–Trinajstić information content (AvgIpc) is 3.16. The number of rotatable bonds is 4. The largest absolute Gasteiger partial charge is 0.339 e. The molecule has 7 nitrogen and oxygen atoms in total. The molecule has 3 rings (SSSR count). The molecule has 0 bridgehead atoms. The number of likely N-dealkylation sites (tertiary alicyclic amines) is 1. The van der Waals surface area contributed by atoms with Crippen molar-refractivity contribution in [3.8, 4) is 0 Å². The second kappa shape index (κ2) is 7.46. The number of nitrogens with zero attached hydrogens (tertiary/aromatic N) is 4. The summed E-state index contributed by atoms with van der Waals surface area (Å²) in [5, 5.41) is 6.84. The maximum Gasteiger partial charge on any atom is 0.255 e. The maximum atomic E-state index is 12.9. The molecule has 0 saturated carbocycles. The lowest BCUT2D eigenvalue weighted by Gasteiger charge is -2.31. The molecule has 0 radical (unpaired) electrons. The Bertz CT molecular complexity index is 736. The number of hydrogen-bond donors (Lipinski definition) is 1. The molecule has 1 aromatic heterocycles. The van der Waals surface area contributed by atoms with Gasteiger partial charge in [0.2, 0.25) is 5.91 Å². The van der Waals surface area contributed by atoms with E-state index >= 15 is 0 Å². The minimum absolute atomic E-state index is 0.0313. The van der Waals surface area contributed by atoms with Crippen molar-refractivity contribution in [2.75, 3.05) is 18.4 Å². The van der Waals surface area contributed by atoms with E-state index in [2.05, 4.69) is 22.3 Å². The zero-order chi connectivity index (χ0) is 17.8. The Morgan fingerprint density at radius 3 is 2.64 bits per heavy atom. The molecule has 0 aliphatic carbocycles. The first-order chi connectivity index (χ1) is 12.1. The third-order valence-corrected chi connectivity index (χ3v) is 4.70. The van der Waals surface area contributed by atoms with E-state index in [4.69, 9.17) is 0 Å². The summed E-state index contributed by atoms with van der Waals surface area (Å²) < 4.78 is 1.48. The molecule has 7 heteroatoms. The first-order valence-corrected chi connectivity index (χ1v) is 8.59. The van der Waals surface area contributed by atoms with Gasteiger partial charge in [-0.25, -0.2) is 9.67 Å². The molecule has 1 aliphatic rings. The smallest absolute Gasteiger partial charge is 0.255 e. The first-order valence-electron chi connectivity index (χ1n) is 8.59. The first kappa shape index (κ1) is 17.1. The second-order valence-corrected chi connectivity index (χ2v) is 6.56. The number of anilines is 1. The standard InChI is InChI=1S/C18H23N5O2/c1-13-7-9-22(10-8-13)18(25)15-5-3-4-6-16(15)21-17(24)14(2)23-12-19-11-20-23/h3-6,11-14H,7-10H2,1-2H3,(H,21,24)/t14-/m1/s1. The highest BCUT2D eigenvalue weighted by atomic mass is 16.2. The van der Waals surface area contributed by atoms with Crippen molar-refractivity contribution >= 4 is 17.5 Å². The quantitative estimate of drug-likeness (QED) is 0.926. The summed E-state index contributed by atoms with van der Waals surface area (Å²) in [6, 6.07) is 6.63. The zero-order valence-electron chi connectivity index (χ0n) is 14.6. The van der Waals surface area contributed by atoms with Crippen molar-refractivity contribution in [2.45, 2.75) is 32.7 Å². The molecule has 1 fully saturated rings. The van der Waals surface area contributed by atoms with E-state index in [0.29, 0.717) is 17.2 Å². The van der Waals surface area contributed by atoms with Crippen LogP contribution in [0.4, 0.5) is 5.69 Å². The third-order valence-electron chi connectivity index (χ3n) is 4.70. The zero-order valence-corrected chi connectivity index (χ0v) is 14.6. The molecule has 0 spiro atoms. The Kier molecular flexibility index (Phi) is 5.11. The summed E-state index contributed by atoms with van der Waals surface area (Å²) in [6.45, 7) is 5.47. The Hall–Kier alpha value is -2.70. The van der Waals surface area contributed by atoms with Crippen LogP contribution in [0.2, 0.25) is 0 Å². The monoisotopic (exact) mass is 341 g/mol. The molecule has 2 aromatic rings. The number of para-hydroxylation sites is 1. The summed E-state index contributed by atoms with van der Waals surface area (Å²) >= 11 is 0. The van der Waals surface area contributed by atoms with Gasteiger partial charge in [-0.2, -0.15) is 5.10 Å². The lowest BCUT2D eigenvalue weighted by Crippen LogP contribution is -2.38.